The zero-order valence-electron chi connectivity index (χ0n) is 12.8. The number of hydrogen-bond donors (Lipinski definition) is 1. The fourth-order valence-corrected chi connectivity index (χ4v) is 3.39. The van der Waals surface area contributed by atoms with Crippen molar-refractivity contribution in [3.63, 3.8) is 0 Å². The van der Waals surface area contributed by atoms with E-state index in [2.05, 4.69) is 5.32 Å². The molecule has 122 valence electrons. The van der Waals surface area contributed by atoms with Crippen molar-refractivity contribution in [1.82, 2.24) is 10.2 Å². The van der Waals surface area contributed by atoms with Crippen LogP contribution in [0.4, 0.5) is 9.18 Å². The Balaban J connectivity index is 1.76. The quantitative estimate of drug-likeness (QED) is 0.688. The highest BCUT2D eigenvalue weighted by molar-refractivity contribution is 6.11. The highest BCUT2D eigenvalue weighted by Crippen LogP contribution is 2.32. The molecule has 0 bridgehead atoms. The van der Waals surface area contributed by atoms with E-state index in [1.54, 1.807) is 0 Å². The molecule has 0 aromatic heterocycles. The summed E-state index contributed by atoms with van der Waals surface area (Å²) in [6.07, 6.45) is 5.10. The van der Waals surface area contributed by atoms with Crippen molar-refractivity contribution >= 4 is 17.7 Å². The van der Waals surface area contributed by atoms with Crippen molar-refractivity contribution in [2.75, 3.05) is 6.54 Å². The first kappa shape index (κ1) is 15.6. The van der Waals surface area contributed by atoms with E-state index in [1.165, 1.54) is 18.2 Å². The Kier molecular flexibility index (Phi) is 4.15. The first-order valence-corrected chi connectivity index (χ1v) is 7.95. The minimum atomic E-state index is -0.851. The summed E-state index contributed by atoms with van der Waals surface area (Å²) in [5, 5.41) is 2.79. The SMILES string of the molecule is O=C(CN1C(=O)NC2(CCCCCC2)C1=O)c1cccc(F)c1. The van der Waals surface area contributed by atoms with Gasteiger partial charge < -0.3 is 5.32 Å². The van der Waals surface area contributed by atoms with E-state index in [1.807, 2.05) is 0 Å². The molecule has 6 heteroatoms. The molecule has 1 aliphatic heterocycles. The minimum Gasteiger partial charge on any atom is -0.323 e. The smallest absolute Gasteiger partial charge is 0.323 e. The maximum atomic E-state index is 13.2. The van der Waals surface area contributed by atoms with Gasteiger partial charge in [-0.1, -0.05) is 37.8 Å². The molecule has 1 heterocycles. The number of nitrogens with one attached hydrogen (secondary N) is 1. The largest absolute Gasteiger partial charge is 0.325 e. The summed E-state index contributed by atoms with van der Waals surface area (Å²) in [5.41, 5.74) is -0.692. The predicted octanol–water partition coefficient (Wildman–Crippen LogP) is 2.65. The second-order valence-electron chi connectivity index (χ2n) is 6.25. The monoisotopic (exact) mass is 318 g/mol. The van der Waals surface area contributed by atoms with Crippen LogP contribution in [-0.4, -0.2) is 34.7 Å². The lowest BCUT2D eigenvalue weighted by Gasteiger charge is -2.24. The molecule has 1 spiro atoms. The molecule has 0 atom stereocenters. The van der Waals surface area contributed by atoms with E-state index in [9.17, 15) is 18.8 Å². The molecule has 1 N–H and O–H groups in total. The molecule has 2 aliphatic rings. The van der Waals surface area contributed by atoms with Gasteiger partial charge >= 0.3 is 6.03 Å². The van der Waals surface area contributed by atoms with Crippen LogP contribution >= 0.6 is 0 Å². The van der Waals surface area contributed by atoms with Crippen molar-refractivity contribution in [2.45, 2.75) is 44.1 Å². The van der Waals surface area contributed by atoms with Crippen LogP contribution in [0.25, 0.3) is 0 Å². The van der Waals surface area contributed by atoms with Crippen LogP contribution in [-0.2, 0) is 4.79 Å². The number of amides is 3. The Labute approximate surface area is 133 Å². The number of hydrogen-bond acceptors (Lipinski definition) is 3. The molecule has 2 fully saturated rings. The summed E-state index contributed by atoms with van der Waals surface area (Å²) in [4.78, 5) is 38.1. The average Bonchev–Trinajstić information content (AvgIpc) is 2.71. The Morgan fingerprint density at radius 2 is 1.87 bits per heavy atom. The Morgan fingerprint density at radius 1 is 1.17 bits per heavy atom. The number of rotatable bonds is 3. The fraction of sp³-hybridized carbons (Fsp3) is 0.471. The second kappa shape index (κ2) is 6.10. The number of benzene rings is 1. The van der Waals surface area contributed by atoms with Gasteiger partial charge in [-0.05, 0) is 25.0 Å². The summed E-state index contributed by atoms with van der Waals surface area (Å²) in [6, 6.07) is 4.74. The Hall–Kier alpha value is -2.24. The van der Waals surface area contributed by atoms with Crippen LogP contribution in [0.1, 0.15) is 48.9 Å². The van der Waals surface area contributed by atoms with Crippen molar-refractivity contribution in [1.29, 1.82) is 0 Å². The average molecular weight is 318 g/mol. The third-order valence-corrected chi connectivity index (χ3v) is 4.65. The zero-order valence-corrected chi connectivity index (χ0v) is 12.8. The van der Waals surface area contributed by atoms with Crippen molar-refractivity contribution in [3.05, 3.63) is 35.6 Å². The van der Waals surface area contributed by atoms with Gasteiger partial charge in [-0.25, -0.2) is 9.18 Å². The number of nitrogens with zero attached hydrogens (tertiary/aromatic N) is 1. The molecule has 5 nitrogen and oxygen atoms in total. The van der Waals surface area contributed by atoms with Crippen LogP contribution in [0.5, 0.6) is 0 Å². The van der Waals surface area contributed by atoms with E-state index in [0.29, 0.717) is 12.8 Å². The lowest BCUT2D eigenvalue weighted by atomic mass is 9.90. The summed E-state index contributed by atoms with van der Waals surface area (Å²) < 4.78 is 13.2. The molecule has 1 aliphatic carbocycles. The number of ketones is 1. The molecule has 0 radical (unpaired) electrons. The summed E-state index contributed by atoms with van der Waals surface area (Å²) >= 11 is 0. The van der Waals surface area contributed by atoms with E-state index < -0.39 is 23.2 Å². The van der Waals surface area contributed by atoms with Gasteiger partial charge in [0, 0.05) is 5.56 Å². The predicted molar refractivity (Wildman–Crippen MR) is 81.4 cm³/mol. The molecule has 1 saturated carbocycles. The second-order valence-corrected chi connectivity index (χ2v) is 6.25. The maximum Gasteiger partial charge on any atom is 0.325 e. The topological polar surface area (TPSA) is 66.5 Å². The van der Waals surface area contributed by atoms with Crippen molar-refractivity contribution in [2.24, 2.45) is 0 Å². The first-order valence-electron chi connectivity index (χ1n) is 7.95. The molecule has 1 saturated heterocycles. The molecule has 0 unspecified atom stereocenters. The summed E-state index contributed by atoms with van der Waals surface area (Å²) in [7, 11) is 0. The normalized spacial score (nSPS) is 20.5. The summed E-state index contributed by atoms with van der Waals surface area (Å²) in [5.74, 6) is -1.29. The molecular weight excluding hydrogens is 299 g/mol. The molecule has 3 amide bonds. The lowest BCUT2D eigenvalue weighted by Crippen LogP contribution is -2.46. The van der Waals surface area contributed by atoms with Gasteiger partial charge in [-0.15, -0.1) is 0 Å². The van der Waals surface area contributed by atoms with E-state index in [-0.39, 0.29) is 18.0 Å². The van der Waals surface area contributed by atoms with E-state index in [0.717, 1.165) is 36.6 Å². The van der Waals surface area contributed by atoms with E-state index >= 15 is 0 Å². The van der Waals surface area contributed by atoms with Gasteiger partial charge in [0.05, 0.1) is 6.54 Å². The van der Waals surface area contributed by atoms with E-state index in [4.69, 9.17) is 0 Å². The van der Waals surface area contributed by atoms with Gasteiger partial charge in [0.2, 0.25) is 0 Å². The number of Topliss-reactive ketones (excluding diaryl/α,β-unsaturated/α-hetero) is 1. The molecule has 23 heavy (non-hydrogen) atoms. The minimum absolute atomic E-state index is 0.160. The maximum absolute atomic E-state index is 13.2. The molecule has 1 aromatic carbocycles. The third kappa shape index (κ3) is 2.98. The molecule has 1 aromatic rings. The lowest BCUT2D eigenvalue weighted by molar-refractivity contribution is -0.131. The highest BCUT2D eigenvalue weighted by Gasteiger charge is 2.51. The van der Waals surface area contributed by atoms with Gasteiger partial charge in [-0.2, -0.15) is 0 Å². The van der Waals surface area contributed by atoms with Crippen LogP contribution in [0.3, 0.4) is 0 Å². The first-order chi connectivity index (χ1) is 11.0. The molecule has 3 rings (SSSR count). The van der Waals surface area contributed by atoms with Gasteiger partial charge in [0.15, 0.2) is 5.78 Å². The summed E-state index contributed by atoms with van der Waals surface area (Å²) in [6.45, 7) is -0.351. The Bertz CT molecular complexity index is 651. The standard InChI is InChI=1S/C17H19FN2O3/c18-13-7-5-6-12(10-13)14(21)11-20-15(22)17(19-16(20)23)8-3-1-2-4-9-17/h5-7,10H,1-4,8-9,11H2,(H,19,23). The number of halogens is 1. The van der Waals surface area contributed by atoms with Crippen molar-refractivity contribution < 1.29 is 18.8 Å². The van der Waals surface area contributed by atoms with Crippen LogP contribution in [0, 0.1) is 5.82 Å². The van der Waals surface area contributed by atoms with Crippen LogP contribution in [0.2, 0.25) is 0 Å². The molecular formula is C17H19FN2O3. The van der Waals surface area contributed by atoms with Gasteiger partial charge in [0.1, 0.15) is 11.4 Å². The zero-order chi connectivity index (χ0) is 16.4. The van der Waals surface area contributed by atoms with Crippen LogP contribution < -0.4 is 5.32 Å². The number of imide groups is 1. The Morgan fingerprint density at radius 3 is 2.52 bits per heavy atom. The number of urea groups is 1. The van der Waals surface area contributed by atoms with Crippen LogP contribution in [0.15, 0.2) is 24.3 Å². The highest BCUT2D eigenvalue weighted by atomic mass is 19.1. The number of carbonyl (C=O) groups is 3. The van der Waals surface area contributed by atoms with Gasteiger partial charge in [0.25, 0.3) is 5.91 Å². The fourth-order valence-electron chi connectivity index (χ4n) is 3.39. The third-order valence-electron chi connectivity index (χ3n) is 4.65. The van der Waals surface area contributed by atoms with Crippen molar-refractivity contribution in [3.8, 4) is 0 Å². The van der Waals surface area contributed by atoms with Gasteiger partial charge in [-0.3, -0.25) is 14.5 Å². The number of carbonyl (C=O) groups excluding carboxylic acids is 3.